The highest BCUT2D eigenvalue weighted by Gasteiger charge is 2.51. The number of hydrogen-bond donors (Lipinski definition) is 0. The van der Waals surface area contributed by atoms with Crippen molar-refractivity contribution in [3.63, 3.8) is 0 Å². The summed E-state index contributed by atoms with van der Waals surface area (Å²) in [7, 11) is 0. The van der Waals surface area contributed by atoms with Crippen molar-refractivity contribution in [1.82, 2.24) is 0 Å². The molecule has 4 rings (SSSR count). The molecule has 4 atom stereocenters. The maximum Gasteiger partial charge on any atom is 0.338 e. The molecule has 3 aromatic rings. The Labute approximate surface area is 195 Å². The van der Waals surface area contributed by atoms with Gasteiger partial charge in [-0.25, -0.2) is 18.8 Å². The molecule has 1 heterocycles. The van der Waals surface area contributed by atoms with Crippen molar-refractivity contribution < 1.29 is 37.7 Å². The van der Waals surface area contributed by atoms with E-state index in [1.54, 1.807) is 66.7 Å². The summed E-state index contributed by atoms with van der Waals surface area (Å²) in [5.74, 6) is -2.22. The van der Waals surface area contributed by atoms with Gasteiger partial charge in [-0.05, 0) is 36.4 Å². The van der Waals surface area contributed by atoms with E-state index in [-0.39, 0.29) is 11.1 Å². The van der Waals surface area contributed by atoms with Crippen LogP contribution in [0.2, 0.25) is 0 Å². The average Bonchev–Trinajstić information content (AvgIpc) is 3.17. The van der Waals surface area contributed by atoms with Crippen LogP contribution in [0.5, 0.6) is 0 Å². The van der Waals surface area contributed by atoms with Crippen molar-refractivity contribution in [2.24, 2.45) is 0 Å². The molecular formula is C26H21FO7. The Balaban J connectivity index is 1.51. The summed E-state index contributed by atoms with van der Waals surface area (Å²) in [6.07, 6.45) is -6.19. The lowest BCUT2D eigenvalue weighted by atomic mass is 10.1. The highest BCUT2D eigenvalue weighted by molar-refractivity contribution is 5.90. The molecular weight excluding hydrogens is 443 g/mol. The Morgan fingerprint density at radius 1 is 0.647 bits per heavy atom. The lowest BCUT2D eigenvalue weighted by Crippen LogP contribution is -2.41. The van der Waals surface area contributed by atoms with Crippen LogP contribution in [-0.2, 0) is 18.9 Å². The predicted molar refractivity (Wildman–Crippen MR) is 118 cm³/mol. The molecule has 34 heavy (non-hydrogen) atoms. The molecule has 0 N–H and O–H groups in total. The summed E-state index contributed by atoms with van der Waals surface area (Å²) in [6, 6.07) is 24.3. The van der Waals surface area contributed by atoms with Crippen LogP contribution in [0.25, 0.3) is 0 Å². The number of carbonyl (C=O) groups is 3. The van der Waals surface area contributed by atoms with Crippen molar-refractivity contribution in [2.75, 3.05) is 6.61 Å². The minimum atomic E-state index is -2.10. The third-order valence-corrected chi connectivity index (χ3v) is 5.15. The molecule has 0 aromatic heterocycles. The molecule has 0 radical (unpaired) electrons. The van der Waals surface area contributed by atoms with Crippen LogP contribution < -0.4 is 0 Å². The Hall–Kier alpha value is -4.04. The number of alkyl halides is 1. The van der Waals surface area contributed by atoms with Crippen molar-refractivity contribution >= 4 is 17.9 Å². The lowest BCUT2D eigenvalue weighted by molar-refractivity contribution is -0.0884. The highest BCUT2D eigenvalue weighted by atomic mass is 19.1. The van der Waals surface area contributed by atoms with Crippen LogP contribution >= 0.6 is 0 Å². The predicted octanol–water partition coefficient (Wildman–Crippen LogP) is 3.99. The van der Waals surface area contributed by atoms with Gasteiger partial charge in [0, 0.05) is 0 Å². The smallest absolute Gasteiger partial charge is 0.338 e. The summed E-state index contributed by atoms with van der Waals surface area (Å²) in [6.45, 7) is -0.416. The molecule has 0 spiro atoms. The number of benzene rings is 3. The maximum atomic E-state index is 14.8. The summed E-state index contributed by atoms with van der Waals surface area (Å²) in [5.41, 5.74) is 0.710. The van der Waals surface area contributed by atoms with E-state index in [1.807, 2.05) is 0 Å². The number of halogens is 1. The van der Waals surface area contributed by atoms with E-state index in [0.29, 0.717) is 5.56 Å². The average molecular weight is 464 g/mol. The Kier molecular flexibility index (Phi) is 7.29. The fourth-order valence-electron chi connectivity index (χ4n) is 3.43. The molecule has 0 bridgehead atoms. The maximum absolute atomic E-state index is 14.8. The zero-order chi connectivity index (χ0) is 23.9. The van der Waals surface area contributed by atoms with Gasteiger partial charge >= 0.3 is 17.9 Å². The molecule has 0 amide bonds. The zero-order valence-corrected chi connectivity index (χ0v) is 17.9. The summed E-state index contributed by atoms with van der Waals surface area (Å²) in [4.78, 5) is 37.5. The molecule has 1 fully saturated rings. The molecule has 1 aliphatic rings. The molecule has 0 aliphatic carbocycles. The summed E-state index contributed by atoms with van der Waals surface area (Å²) in [5, 5.41) is 0. The van der Waals surface area contributed by atoms with E-state index in [9.17, 15) is 18.8 Å². The first-order valence-electron chi connectivity index (χ1n) is 10.6. The lowest BCUT2D eigenvalue weighted by Gasteiger charge is -2.23. The van der Waals surface area contributed by atoms with Gasteiger partial charge in [0.15, 0.2) is 12.2 Å². The fraction of sp³-hybridized carbons (Fsp3) is 0.192. The van der Waals surface area contributed by atoms with Crippen LogP contribution in [0, 0.1) is 0 Å². The number of hydrogen-bond acceptors (Lipinski definition) is 7. The number of ether oxygens (including phenoxy) is 4. The van der Waals surface area contributed by atoms with E-state index in [0.717, 1.165) is 0 Å². The zero-order valence-electron chi connectivity index (χ0n) is 17.9. The molecule has 3 aromatic carbocycles. The fourth-order valence-corrected chi connectivity index (χ4v) is 3.43. The quantitative estimate of drug-likeness (QED) is 0.386. The van der Waals surface area contributed by atoms with E-state index < -0.39 is 49.2 Å². The minimum Gasteiger partial charge on any atom is -0.459 e. The first-order valence-corrected chi connectivity index (χ1v) is 10.6. The second kappa shape index (κ2) is 10.7. The van der Waals surface area contributed by atoms with Crippen molar-refractivity contribution in [1.29, 1.82) is 0 Å². The molecule has 8 heteroatoms. The van der Waals surface area contributed by atoms with Gasteiger partial charge in [0.1, 0.15) is 12.7 Å². The van der Waals surface area contributed by atoms with E-state index in [1.165, 1.54) is 24.3 Å². The molecule has 0 saturated carbocycles. The van der Waals surface area contributed by atoms with Crippen LogP contribution in [0.15, 0.2) is 91.0 Å². The van der Waals surface area contributed by atoms with Gasteiger partial charge in [-0.1, -0.05) is 54.6 Å². The van der Waals surface area contributed by atoms with Gasteiger partial charge in [0.25, 0.3) is 0 Å². The SMILES string of the molecule is O=C(OC[C@H]1O[C@@H](F)[C@H](OC(=O)c2ccccc2)[C@H]1OC(=O)c1ccccc1)c1ccccc1. The van der Waals surface area contributed by atoms with Gasteiger partial charge < -0.3 is 18.9 Å². The second-order valence-corrected chi connectivity index (χ2v) is 7.46. The van der Waals surface area contributed by atoms with Crippen molar-refractivity contribution in [2.45, 2.75) is 24.7 Å². The van der Waals surface area contributed by atoms with Gasteiger partial charge in [0.2, 0.25) is 6.36 Å². The Morgan fingerprint density at radius 2 is 1.06 bits per heavy atom. The number of carbonyl (C=O) groups excluding carboxylic acids is 3. The van der Waals surface area contributed by atoms with E-state index in [4.69, 9.17) is 18.9 Å². The van der Waals surface area contributed by atoms with Crippen LogP contribution in [0.4, 0.5) is 4.39 Å². The van der Waals surface area contributed by atoms with Crippen LogP contribution in [-0.4, -0.2) is 49.2 Å². The summed E-state index contributed by atoms with van der Waals surface area (Å²) < 4.78 is 36.2. The number of rotatable bonds is 7. The van der Waals surface area contributed by atoms with Gasteiger partial charge in [-0.3, -0.25) is 0 Å². The normalized spacial score (nSPS) is 21.4. The highest BCUT2D eigenvalue weighted by Crippen LogP contribution is 2.30. The third-order valence-electron chi connectivity index (χ3n) is 5.15. The van der Waals surface area contributed by atoms with Gasteiger partial charge in [-0.2, -0.15) is 0 Å². The Morgan fingerprint density at radius 3 is 1.53 bits per heavy atom. The molecule has 174 valence electrons. The third kappa shape index (κ3) is 5.47. The van der Waals surface area contributed by atoms with Crippen molar-refractivity contribution in [3.8, 4) is 0 Å². The minimum absolute atomic E-state index is 0.196. The van der Waals surface area contributed by atoms with Gasteiger partial charge in [-0.15, -0.1) is 0 Å². The topological polar surface area (TPSA) is 88.1 Å². The standard InChI is InChI=1S/C26H21FO7/c27-23-22(34-26(30)19-14-8-3-9-15-19)21(33-25(29)18-12-6-2-7-13-18)20(32-23)16-31-24(28)17-10-4-1-5-11-17/h1-15,20-23H,16H2/t20-,21+,22-,23-/m1/s1. The first kappa shape index (κ1) is 23.1. The van der Waals surface area contributed by atoms with Crippen LogP contribution in [0.3, 0.4) is 0 Å². The molecule has 0 unspecified atom stereocenters. The van der Waals surface area contributed by atoms with Crippen molar-refractivity contribution in [3.05, 3.63) is 108 Å². The first-order chi connectivity index (χ1) is 16.5. The van der Waals surface area contributed by atoms with E-state index in [2.05, 4.69) is 0 Å². The largest absolute Gasteiger partial charge is 0.459 e. The van der Waals surface area contributed by atoms with E-state index >= 15 is 0 Å². The molecule has 1 aliphatic heterocycles. The molecule has 1 saturated heterocycles. The van der Waals surface area contributed by atoms with Gasteiger partial charge in [0.05, 0.1) is 16.7 Å². The Bertz CT molecular complexity index is 1120. The summed E-state index contributed by atoms with van der Waals surface area (Å²) >= 11 is 0. The molecule has 7 nitrogen and oxygen atoms in total. The monoisotopic (exact) mass is 464 g/mol. The van der Waals surface area contributed by atoms with Crippen LogP contribution in [0.1, 0.15) is 31.1 Å². The second-order valence-electron chi connectivity index (χ2n) is 7.46. The number of esters is 3.